The van der Waals surface area contributed by atoms with E-state index in [2.05, 4.69) is 25.5 Å². The Kier molecular flexibility index (Phi) is 3.43. The third-order valence-corrected chi connectivity index (χ3v) is 3.49. The van der Waals surface area contributed by atoms with Crippen LogP contribution in [0.3, 0.4) is 0 Å². The van der Waals surface area contributed by atoms with Crippen molar-refractivity contribution in [3.8, 4) is 11.3 Å². The second kappa shape index (κ2) is 5.88. The lowest BCUT2D eigenvalue weighted by Crippen LogP contribution is -2.13. The van der Waals surface area contributed by atoms with Crippen molar-refractivity contribution in [2.45, 2.75) is 0 Å². The van der Waals surface area contributed by atoms with Crippen LogP contribution in [0.25, 0.3) is 22.2 Å². The highest BCUT2D eigenvalue weighted by Crippen LogP contribution is 2.24. The second-order valence-corrected chi connectivity index (χ2v) is 5.06. The maximum atomic E-state index is 12.2. The molecule has 7 heteroatoms. The van der Waals surface area contributed by atoms with Gasteiger partial charge < -0.3 is 9.73 Å². The molecule has 3 heterocycles. The van der Waals surface area contributed by atoms with Crippen LogP contribution in [0.5, 0.6) is 0 Å². The molecule has 0 aliphatic carbocycles. The summed E-state index contributed by atoms with van der Waals surface area (Å²) in [5.74, 6) is 0.771. The van der Waals surface area contributed by atoms with E-state index < -0.39 is 0 Å². The normalized spacial score (nSPS) is 10.7. The van der Waals surface area contributed by atoms with Crippen molar-refractivity contribution in [3.63, 3.8) is 0 Å². The van der Waals surface area contributed by atoms with E-state index in [9.17, 15) is 4.79 Å². The number of anilines is 1. The van der Waals surface area contributed by atoms with Crippen molar-refractivity contribution in [2.75, 3.05) is 5.32 Å². The fraction of sp³-hybridized carbons (Fsp3) is 0. The summed E-state index contributed by atoms with van der Waals surface area (Å²) in [5, 5.41) is 11.7. The molecular weight excluding hydrogens is 306 g/mol. The molecule has 0 saturated heterocycles. The Bertz CT molecular complexity index is 1000. The van der Waals surface area contributed by atoms with Crippen LogP contribution >= 0.6 is 0 Å². The lowest BCUT2D eigenvalue weighted by Gasteiger charge is -2.05. The average Bonchev–Trinajstić information content (AvgIpc) is 3.16. The molecule has 7 nitrogen and oxygen atoms in total. The molecule has 0 bridgehead atoms. The number of hydrogen-bond donors (Lipinski definition) is 1. The Morgan fingerprint density at radius 1 is 1.00 bits per heavy atom. The largest absolute Gasteiger partial charge is 0.444 e. The van der Waals surface area contributed by atoms with E-state index in [0.29, 0.717) is 17.1 Å². The minimum absolute atomic E-state index is 0.266. The molecule has 24 heavy (non-hydrogen) atoms. The number of benzene rings is 1. The smallest absolute Gasteiger partial charge is 0.256 e. The number of pyridine rings is 1. The molecule has 1 N–H and O–H groups in total. The van der Waals surface area contributed by atoms with Crippen molar-refractivity contribution in [1.82, 2.24) is 20.2 Å². The minimum Gasteiger partial charge on any atom is -0.444 e. The number of nitrogens with zero attached hydrogens (tertiary/aromatic N) is 4. The Morgan fingerprint density at radius 2 is 1.88 bits per heavy atom. The number of oxazole rings is 1. The highest BCUT2D eigenvalue weighted by Gasteiger charge is 2.09. The molecule has 0 radical (unpaired) electrons. The molecule has 3 aromatic heterocycles. The van der Waals surface area contributed by atoms with E-state index in [0.717, 1.165) is 16.5 Å². The van der Waals surface area contributed by atoms with Crippen molar-refractivity contribution < 1.29 is 9.21 Å². The molecule has 1 aromatic carbocycles. The van der Waals surface area contributed by atoms with Crippen molar-refractivity contribution in [3.05, 3.63) is 66.9 Å². The number of carbonyl (C=O) groups is 1. The third-order valence-electron chi connectivity index (χ3n) is 3.49. The van der Waals surface area contributed by atoms with Gasteiger partial charge in [0.15, 0.2) is 18.0 Å². The monoisotopic (exact) mass is 317 g/mol. The molecule has 0 aliphatic rings. The fourth-order valence-electron chi connectivity index (χ4n) is 2.31. The van der Waals surface area contributed by atoms with Crippen LogP contribution in [-0.2, 0) is 0 Å². The van der Waals surface area contributed by atoms with Gasteiger partial charge in [0.2, 0.25) is 0 Å². The van der Waals surface area contributed by atoms with Gasteiger partial charge in [-0.2, -0.15) is 0 Å². The number of hydrogen-bond acceptors (Lipinski definition) is 6. The lowest BCUT2D eigenvalue weighted by atomic mass is 10.1. The van der Waals surface area contributed by atoms with Crippen LogP contribution in [0.1, 0.15) is 10.4 Å². The van der Waals surface area contributed by atoms with Crippen molar-refractivity contribution in [2.24, 2.45) is 0 Å². The molecule has 1 amide bonds. The van der Waals surface area contributed by atoms with Crippen LogP contribution in [-0.4, -0.2) is 26.1 Å². The molecule has 0 fully saturated rings. The molecule has 0 spiro atoms. The molecular formula is C17H11N5O2. The van der Waals surface area contributed by atoms with Crippen LogP contribution in [0, 0.1) is 0 Å². The first-order chi connectivity index (χ1) is 11.8. The van der Waals surface area contributed by atoms with E-state index >= 15 is 0 Å². The van der Waals surface area contributed by atoms with Crippen LogP contribution < -0.4 is 5.32 Å². The van der Waals surface area contributed by atoms with Gasteiger partial charge in [0.05, 0.1) is 11.7 Å². The van der Waals surface area contributed by atoms with Crippen LogP contribution in [0.2, 0.25) is 0 Å². The van der Waals surface area contributed by atoms with E-state index in [4.69, 9.17) is 4.42 Å². The first-order valence-corrected chi connectivity index (χ1v) is 7.17. The third kappa shape index (κ3) is 2.70. The topological polar surface area (TPSA) is 93.8 Å². The van der Waals surface area contributed by atoms with E-state index in [1.54, 1.807) is 36.8 Å². The summed E-state index contributed by atoms with van der Waals surface area (Å²) in [7, 11) is 0. The SMILES string of the molecule is O=C(Nc1cc2cc(-c3cnco3)ccc2nn1)c1ccncc1. The average molecular weight is 317 g/mol. The Balaban J connectivity index is 1.66. The van der Waals surface area contributed by atoms with Crippen LogP contribution in [0.4, 0.5) is 5.82 Å². The highest BCUT2D eigenvalue weighted by molar-refractivity contribution is 6.04. The van der Waals surface area contributed by atoms with Gasteiger partial charge in [0.1, 0.15) is 0 Å². The van der Waals surface area contributed by atoms with Crippen LogP contribution in [0.15, 0.2) is 65.8 Å². The quantitative estimate of drug-likeness (QED) is 0.624. The summed E-state index contributed by atoms with van der Waals surface area (Å²) < 4.78 is 5.30. The van der Waals surface area contributed by atoms with Gasteiger partial charge in [-0.1, -0.05) is 0 Å². The van der Waals surface area contributed by atoms with E-state index in [-0.39, 0.29) is 5.91 Å². The standard InChI is InChI=1S/C17H11N5O2/c23-17(11-3-5-18-6-4-11)20-16-8-13-7-12(15-9-19-10-24-15)1-2-14(13)21-22-16/h1-10H,(H,20,22,23). The first-order valence-electron chi connectivity index (χ1n) is 7.17. The number of fused-ring (bicyclic) bond motifs is 1. The summed E-state index contributed by atoms with van der Waals surface area (Å²) >= 11 is 0. The van der Waals surface area contributed by atoms with Gasteiger partial charge in [-0.25, -0.2) is 4.98 Å². The number of nitrogens with one attached hydrogen (secondary N) is 1. The molecule has 0 aliphatic heterocycles. The van der Waals surface area contributed by atoms with Gasteiger partial charge >= 0.3 is 0 Å². The number of rotatable bonds is 3. The molecule has 116 valence electrons. The summed E-state index contributed by atoms with van der Waals surface area (Å²) in [6, 6.07) is 10.7. The fourth-order valence-corrected chi connectivity index (χ4v) is 2.31. The summed E-state index contributed by atoms with van der Waals surface area (Å²) in [6.45, 7) is 0. The van der Waals surface area contributed by atoms with E-state index in [1.165, 1.54) is 6.39 Å². The number of aromatic nitrogens is 4. The molecule has 4 rings (SSSR count). The number of amides is 1. The predicted molar refractivity (Wildman–Crippen MR) is 87.2 cm³/mol. The molecule has 0 atom stereocenters. The summed E-state index contributed by atoms with van der Waals surface area (Å²) in [6.07, 6.45) is 6.14. The van der Waals surface area contributed by atoms with Gasteiger partial charge in [-0.3, -0.25) is 9.78 Å². The van der Waals surface area contributed by atoms with Gasteiger partial charge in [-0.15, -0.1) is 10.2 Å². The zero-order valence-corrected chi connectivity index (χ0v) is 12.4. The molecule has 4 aromatic rings. The number of carbonyl (C=O) groups excluding carboxylic acids is 1. The zero-order valence-electron chi connectivity index (χ0n) is 12.4. The molecule has 0 saturated carbocycles. The predicted octanol–water partition coefficient (Wildman–Crippen LogP) is 2.93. The lowest BCUT2D eigenvalue weighted by molar-refractivity contribution is 0.102. The van der Waals surface area contributed by atoms with Gasteiger partial charge in [0.25, 0.3) is 5.91 Å². The summed E-state index contributed by atoms with van der Waals surface area (Å²) in [4.78, 5) is 20.0. The summed E-state index contributed by atoms with van der Waals surface area (Å²) in [5.41, 5.74) is 2.10. The van der Waals surface area contributed by atoms with Crippen molar-refractivity contribution >= 4 is 22.6 Å². The van der Waals surface area contributed by atoms with Gasteiger partial charge in [-0.05, 0) is 36.4 Å². The zero-order chi connectivity index (χ0) is 16.4. The second-order valence-electron chi connectivity index (χ2n) is 5.06. The minimum atomic E-state index is -0.266. The van der Waals surface area contributed by atoms with E-state index in [1.807, 2.05) is 18.2 Å². The Morgan fingerprint density at radius 3 is 2.67 bits per heavy atom. The maximum absolute atomic E-state index is 12.2. The Hall–Kier alpha value is -3.61. The highest BCUT2D eigenvalue weighted by atomic mass is 16.3. The Labute approximate surface area is 136 Å². The van der Waals surface area contributed by atoms with Crippen molar-refractivity contribution in [1.29, 1.82) is 0 Å². The first kappa shape index (κ1) is 14.0. The maximum Gasteiger partial charge on any atom is 0.256 e. The van der Waals surface area contributed by atoms with Gasteiger partial charge in [0, 0.05) is 28.9 Å². The molecule has 0 unspecified atom stereocenters.